The number of anilines is 1. The lowest BCUT2D eigenvalue weighted by molar-refractivity contribution is 0.0366. The zero-order chi connectivity index (χ0) is 21.9. The van der Waals surface area contributed by atoms with E-state index in [1.165, 1.54) is 5.69 Å². The molecule has 162 valence electrons. The Balaban J connectivity index is 1.41. The fourth-order valence-electron chi connectivity index (χ4n) is 4.72. The molecule has 2 N–H and O–H groups in total. The van der Waals surface area contributed by atoms with Crippen molar-refractivity contribution in [3.05, 3.63) is 102 Å². The average Bonchev–Trinajstić information content (AvgIpc) is 3.29. The van der Waals surface area contributed by atoms with E-state index >= 15 is 0 Å². The average molecular weight is 426 g/mol. The molecule has 0 saturated carbocycles. The van der Waals surface area contributed by atoms with Gasteiger partial charge in [0, 0.05) is 54.5 Å². The Labute approximate surface area is 187 Å². The molecule has 5 nitrogen and oxygen atoms in total. The van der Waals surface area contributed by atoms with Crippen LogP contribution in [0.3, 0.4) is 0 Å². The Morgan fingerprint density at radius 3 is 2.16 bits per heavy atom. The minimum Gasteiger partial charge on any atom is -0.383 e. The number of aromatic amines is 1. The summed E-state index contributed by atoms with van der Waals surface area (Å²) in [6.07, 6.45) is 0.561. The maximum absolute atomic E-state index is 13.5. The van der Waals surface area contributed by atoms with E-state index in [0.717, 1.165) is 42.6 Å². The highest BCUT2D eigenvalue weighted by Crippen LogP contribution is 2.30. The molecule has 1 aromatic heterocycles. The highest BCUT2D eigenvalue weighted by atomic mass is 16.3. The molecule has 5 heteroatoms. The van der Waals surface area contributed by atoms with Crippen LogP contribution in [0.2, 0.25) is 0 Å². The van der Waals surface area contributed by atoms with Crippen LogP contribution in [0.1, 0.15) is 22.0 Å². The number of benzene rings is 3. The maximum Gasteiger partial charge on any atom is 0.195 e. The van der Waals surface area contributed by atoms with E-state index in [4.69, 9.17) is 0 Å². The fraction of sp³-hybridized carbons (Fsp3) is 0.222. The summed E-state index contributed by atoms with van der Waals surface area (Å²) in [5.41, 5.74) is 3.60. The topological polar surface area (TPSA) is 59.6 Å². The van der Waals surface area contributed by atoms with Crippen molar-refractivity contribution in [2.24, 2.45) is 0 Å². The molecule has 4 aromatic rings. The lowest BCUT2D eigenvalue weighted by Gasteiger charge is -2.41. The van der Waals surface area contributed by atoms with Gasteiger partial charge in [0.25, 0.3) is 0 Å². The molecule has 2 atom stereocenters. The number of piperazine rings is 1. The Bertz CT molecular complexity index is 1180. The van der Waals surface area contributed by atoms with Crippen molar-refractivity contribution in [2.75, 3.05) is 31.1 Å². The number of carbonyl (C=O) groups is 1. The first-order chi connectivity index (χ1) is 15.7. The van der Waals surface area contributed by atoms with E-state index in [1.807, 2.05) is 60.7 Å². The summed E-state index contributed by atoms with van der Waals surface area (Å²) in [6.45, 7) is 3.24. The molecule has 5 rings (SSSR count). The number of carbonyl (C=O) groups excluding carboxylic acids is 1. The molecule has 0 radical (unpaired) electrons. The van der Waals surface area contributed by atoms with E-state index in [1.54, 1.807) is 6.20 Å². The summed E-state index contributed by atoms with van der Waals surface area (Å²) in [4.78, 5) is 21.2. The SMILES string of the molecule is O=C(c1c[nH]c2ccccc12)[C@@H](O)[C@@H](c1ccccc1)N1CCN(c2ccccc2)CC1. The molecule has 1 fully saturated rings. The number of fused-ring (bicyclic) bond motifs is 1. The van der Waals surface area contributed by atoms with Crippen LogP contribution in [0, 0.1) is 0 Å². The number of aromatic nitrogens is 1. The minimum atomic E-state index is -1.15. The van der Waals surface area contributed by atoms with Gasteiger partial charge in [-0.3, -0.25) is 9.69 Å². The lowest BCUT2D eigenvalue weighted by atomic mass is 9.93. The summed E-state index contributed by atoms with van der Waals surface area (Å²) < 4.78 is 0. The van der Waals surface area contributed by atoms with Gasteiger partial charge in [0.15, 0.2) is 5.78 Å². The number of ketones is 1. The number of aliphatic hydroxyl groups excluding tert-OH is 1. The van der Waals surface area contributed by atoms with E-state index in [0.29, 0.717) is 5.56 Å². The molecule has 3 aromatic carbocycles. The summed E-state index contributed by atoms with van der Waals surface area (Å²) in [5.74, 6) is -0.248. The Morgan fingerprint density at radius 2 is 1.44 bits per heavy atom. The molecular formula is C27H27N3O2. The van der Waals surface area contributed by atoms with E-state index in [2.05, 4.69) is 39.0 Å². The number of para-hydroxylation sites is 2. The molecular weight excluding hydrogens is 398 g/mol. The molecule has 1 aliphatic rings. The summed E-state index contributed by atoms with van der Waals surface area (Å²) >= 11 is 0. The first-order valence-corrected chi connectivity index (χ1v) is 11.1. The Morgan fingerprint density at radius 1 is 0.812 bits per heavy atom. The van der Waals surface area contributed by atoms with Crippen molar-refractivity contribution in [3.8, 4) is 0 Å². The number of aliphatic hydroxyl groups is 1. The van der Waals surface area contributed by atoms with Crippen LogP contribution in [0.25, 0.3) is 10.9 Å². The molecule has 0 bridgehead atoms. The Hall–Kier alpha value is -3.41. The van der Waals surface area contributed by atoms with Gasteiger partial charge in [0.2, 0.25) is 0 Å². The molecule has 1 aliphatic heterocycles. The fourth-order valence-corrected chi connectivity index (χ4v) is 4.72. The third-order valence-electron chi connectivity index (χ3n) is 6.39. The monoisotopic (exact) mass is 425 g/mol. The van der Waals surface area contributed by atoms with Gasteiger partial charge in [0.1, 0.15) is 6.10 Å². The second-order valence-corrected chi connectivity index (χ2v) is 8.27. The standard InChI is InChI=1S/C27H27N3O2/c31-26(23-19-28-24-14-8-7-13-22(23)24)27(32)25(20-9-3-1-4-10-20)30-17-15-29(16-18-30)21-11-5-2-6-12-21/h1-14,19,25,27-28,32H,15-18H2/t25-,27+/m1/s1. The predicted molar refractivity (Wildman–Crippen MR) is 128 cm³/mol. The number of rotatable bonds is 6. The van der Waals surface area contributed by atoms with Gasteiger partial charge in [-0.15, -0.1) is 0 Å². The first kappa shape index (κ1) is 20.5. The van der Waals surface area contributed by atoms with Crippen LogP contribution in [0.15, 0.2) is 91.1 Å². The van der Waals surface area contributed by atoms with Crippen LogP contribution in [0.5, 0.6) is 0 Å². The molecule has 0 aliphatic carbocycles. The van der Waals surface area contributed by atoms with Gasteiger partial charge in [0.05, 0.1) is 6.04 Å². The number of Topliss-reactive ketones (excluding diaryl/α,β-unsaturated/α-hetero) is 1. The molecule has 2 heterocycles. The van der Waals surface area contributed by atoms with Crippen molar-refractivity contribution >= 4 is 22.4 Å². The van der Waals surface area contributed by atoms with Gasteiger partial charge in [-0.05, 0) is 23.8 Å². The third kappa shape index (κ3) is 3.93. The minimum absolute atomic E-state index is 0.248. The zero-order valence-electron chi connectivity index (χ0n) is 17.9. The maximum atomic E-state index is 13.5. The largest absolute Gasteiger partial charge is 0.383 e. The van der Waals surface area contributed by atoms with E-state index in [9.17, 15) is 9.90 Å². The Kier molecular flexibility index (Phi) is 5.75. The second-order valence-electron chi connectivity index (χ2n) is 8.27. The normalized spacial score (nSPS) is 16.7. The quantitative estimate of drug-likeness (QED) is 0.453. The van der Waals surface area contributed by atoms with Crippen LogP contribution >= 0.6 is 0 Å². The molecule has 1 saturated heterocycles. The van der Waals surface area contributed by atoms with Crippen molar-refractivity contribution in [1.29, 1.82) is 0 Å². The number of H-pyrrole nitrogens is 1. The predicted octanol–water partition coefficient (Wildman–Crippen LogP) is 4.28. The second kappa shape index (κ2) is 8.99. The first-order valence-electron chi connectivity index (χ1n) is 11.1. The van der Waals surface area contributed by atoms with Gasteiger partial charge in [-0.2, -0.15) is 0 Å². The van der Waals surface area contributed by atoms with Crippen LogP contribution in [0.4, 0.5) is 5.69 Å². The van der Waals surface area contributed by atoms with Crippen LogP contribution in [-0.4, -0.2) is 53.1 Å². The summed E-state index contributed by atoms with van der Waals surface area (Å²) in [5, 5.41) is 12.2. The molecule has 32 heavy (non-hydrogen) atoms. The molecule has 0 amide bonds. The van der Waals surface area contributed by atoms with E-state index < -0.39 is 12.1 Å². The highest BCUT2D eigenvalue weighted by Gasteiger charge is 2.35. The van der Waals surface area contributed by atoms with E-state index in [-0.39, 0.29) is 5.78 Å². The van der Waals surface area contributed by atoms with Crippen molar-refractivity contribution < 1.29 is 9.90 Å². The molecule has 0 spiro atoms. The van der Waals surface area contributed by atoms with Crippen LogP contribution in [-0.2, 0) is 0 Å². The van der Waals surface area contributed by atoms with Gasteiger partial charge >= 0.3 is 0 Å². The van der Waals surface area contributed by atoms with Gasteiger partial charge in [-0.1, -0.05) is 66.7 Å². The van der Waals surface area contributed by atoms with Crippen molar-refractivity contribution in [2.45, 2.75) is 12.1 Å². The van der Waals surface area contributed by atoms with Gasteiger partial charge < -0.3 is 15.0 Å². The summed E-state index contributed by atoms with van der Waals surface area (Å²) in [6, 6.07) is 27.6. The lowest BCUT2D eigenvalue weighted by Crippen LogP contribution is -2.51. The summed E-state index contributed by atoms with van der Waals surface area (Å²) in [7, 11) is 0. The van der Waals surface area contributed by atoms with Crippen molar-refractivity contribution in [1.82, 2.24) is 9.88 Å². The van der Waals surface area contributed by atoms with Gasteiger partial charge in [-0.25, -0.2) is 0 Å². The third-order valence-corrected chi connectivity index (χ3v) is 6.39. The smallest absolute Gasteiger partial charge is 0.195 e. The number of hydrogen-bond acceptors (Lipinski definition) is 4. The number of nitrogens with one attached hydrogen (secondary N) is 1. The van der Waals surface area contributed by atoms with Crippen LogP contribution < -0.4 is 4.90 Å². The highest BCUT2D eigenvalue weighted by molar-refractivity contribution is 6.10. The number of nitrogens with zero attached hydrogens (tertiary/aromatic N) is 2. The number of hydrogen-bond donors (Lipinski definition) is 2. The zero-order valence-corrected chi connectivity index (χ0v) is 17.9. The van der Waals surface area contributed by atoms with Crippen molar-refractivity contribution in [3.63, 3.8) is 0 Å². The molecule has 0 unspecified atom stereocenters.